The van der Waals surface area contributed by atoms with E-state index in [9.17, 15) is 8.42 Å². The summed E-state index contributed by atoms with van der Waals surface area (Å²) in [5, 5.41) is 3.84. The van der Waals surface area contributed by atoms with Gasteiger partial charge in [-0.15, -0.1) is 0 Å². The van der Waals surface area contributed by atoms with Gasteiger partial charge in [0, 0.05) is 12.6 Å². The maximum atomic E-state index is 11.4. The van der Waals surface area contributed by atoms with Crippen LogP contribution < -0.4 is 5.32 Å². The first kappa shape index (κ1) is 12.9. The quantitative estimate of drug-likeness (QED) is 0.885. The predicted octanol–water partition coefficient (Wildman–Crippen LogP) is 0.740. The van der Waals surface area contributed by atoms with Gasteiger partial charge in [0.15, 0.2) is 9.84 Å². The van der Waals surface area contributed by atoms with Crippen LogP contribution in [0, 0.1) is 0 Å². The molecule has 0 aliphatic carbocycles. The van der Waals surface area contributed by atoms with E-state index in [1.165, 1.54) is 0 Å². The summed E-state index contributed by atoms with van der Waals surface area (Å²) in [6.45, 7) is 2.46. The Morgan fingerprint density at radius 2 is 2.35 bits per heavy atom. The highest BCUT2D eigenvalue weighted by Crippen LogP contribution is 2.23. The zero-order valence-corrected chi connectivity index (χ0v) is 11.5. The molecular weight excluding hydrogens is 262 g/mol. The van der Waals surface area contributed by atoms with E-state index in [1.807, 2.05) is 14.0 Å². The third-order valence-electron chi connectivity index (χ3n) is 3.20. The number of halogens is 1. The number of hydrogen-bond donors (Lipinski definition) is 1. The second-order valence-corrected chi connectivity index (χ2v) is 7.38. The molecule has 1 aromatic rings. The summed E-state index contributed by atoms with van der Waals surface area (Å²) in [7, 11) is -1.05. The Kier molecular flexibility index (Phi) is 3.22. The van der Waals surface area contributed by atoms with E-state index in [-0.39, 0.29) is 17.0 Å². The lowest BCUT2D eigenvalue weighted by Crippen LogP contribution is -2.43. The van der Waals surface area contributed by atoms with Gasteiger partial charge in [0.2, 0.25) is 0 Å². The number of aromatic nitrogens is 2. The highest BCUT2D eigenvalue weighted by molar-refractivity contribution is 7.91. The number of imidazole rings is 1. The summed E-state index contributed by atoms with van der Waals surface area (Å²) in [5.41, 5.74) is -0.350. The van der Waals surface area contributed by atoms with Gasteiger partial charge in [0.1, 0.15) is 11.0 Å². The Balaban J connectivity index is 2.02. The van der Waals surface area contributed by atoms with Gasteiger partial charge in [0.05, 0.1) is 24.2 Å². The standard InChI is InChI=1S/C10H16ClN3O2S/c1-10(3-4-17(15,16)7-10)13-6-9-12-5-8(11)14(9)2/h5,13H,3-4,6-7H2,1-2H3. The number of nitrogens with zero attached hydrogens (tertiary/aromatic N) is 2. The maximum absolute atomic E-state index is 11.4. The molecule has 7 heteroatoms. The molecule has 1 aliphatic rings. The van der Waals surface area contributed by atoms with Crippen LogP contribution in [0.25, 0.3) is 0 Å². The molecule has 1 fully saturated rings. The molecule has 0 spiro atoms. The molecule has 0 amide bonds. The first-order valence-corrected chi connectivity index (χ1v) is 7.63. The van der Waals surface area contributed by atoms with Gasteiger partial charge in [-0.05, 0) is 13.3 Å². The van der Waals surface area contributed by atoms with Crippen molar-refractivity contribution in [3.63, 3.8) is 0 Å². The Morgan fingerprint density at radius 1 is 1.65 bits per heavy atom. The Hall–Kier alpha value is -0.590. The SMILES string of the molecule is Cn1c(Cl)cnc1CNC1(C)CCS(=O)(=O)C1. The number of hydrogen-bond acceptors (Lipinski definition) is 4. The molecular formula is C10H16ClN3O2S. The zero-order valence-electron chi connectivity index (χ0n) is 9.90. The Labute approximate surface area is 106 Å². The zero-order chi connectivity index (χ0) is 12.7. The summed E-state index contributed by atoms with van der Waals surface area (Å²) in [4.78, 5) is 4.16. The second kappa shape index (κ2) is 4.26. The van der Waals surface area contributed by atoms with Crippen LogP contribution in [0.15, 0.2) is 6.20 Å². The molecule has 0 bridgehead atoms. The summed E-state index contributed by atoms with van der Waals surface area (Å²) >= 11 is 5.88. The predicted molar refractivity (Wildman–Crippen MR) is 66.7 cm³/mol. The third-order valence-corrected chi connectivity index (χ3v) is 5.46. The van der Waals surface area contributed by atoms with Gasteiger partial charge in [-0.25, -0.2) is 13.4 Å². The largest absolute Gasteiger partial charge is 0.321 e. The van der Waals surface area contributed by atoms with Crippen LogP contribution in [0.4, 0.5) is 0 Å². The van der Waals surface area contributed by atoms with E-state index in [0.717, 1.165) is 5.82 Å². The molecule has 17 heavy (non-hydrogen) atoms. The average molecular weight is 278 g/mol. The van der Waals surface area contributed by atoms with Crippen LogP contribution in [0.2, 0.25) is 5.15 Å². The van der Waals surface area contributed by atoms with Crippen molar-refractivity contribution in [3.05, 3.63) is 17.2 Å². The van der Waals surface area contributed by atoms with Gasteiger partial charge < -0.3 is 9.88 Å². The molecule has 2 heterocycles. The van der Waals surface area contributed by atoms with Crippen molar-refractivity contribution in [1.82, 2.24) is 14.9 Å². The van der Waals surface area contributed by atoms with Crippen LogP contribution in [0.1, 0.15) is 19.2 Å². The van der Waals surface area contributed by atoms with Crippen molar-refractivity contribution in [2.75, 3.05) is 11.5 Å². The smallest absolute Gasteiger partial charge is 0.152 e. The monoisotopic (exact) mass is 277 g/mol. The minimum atomic E-state index is -2.88. The van der Waals surface area contributed by atoms with Crippen molar-refractivity contribution in [2.24, 2.45) is 7.05 Å². The van der Waals surface area contributed by atoms with Gasteiger partial charge in [-0.2, -0.15) is 0 Å². The minimum absolute atomic E-state index is 0.193. The second-order valence-electron chi connectivity index (χ2n) is 4.81. The fraction of sp³-hybridized carbons (Fsp3) is 0.700. The van der Waals surface area contributed by atoms with Crippen molar-refractivity contribution >= 4 is 21.4 Å². The lowest BCUT2D eigenvalue weighted by Gasteiger charge is -2.23. The van der Waals surface area contributed by atoms with E-state index in [1.54, 1.807) is 10.8 Å². The van der Waals surface area contributed by atoms with Crippen LogP contribution in [0.5, 0.6) is 0 Å². The van der Waals surface area contributed by atoms with Crippen molar-refractivity contribution in [3.8, 4) is 0 Å². The lowest BCUT2D eigenvalue weighted by atomic mass is 10.0. The molecule has 96 valence electrons. The van der Waals surface area contributed by atoms with Gasteiger partial charge >= 0.3 is 0 Å². The highest BCUT2D eigenvalue weighted by Gasteiger charge is 2.37. The molecule has 1 atom stereocenters. The van der Waals surface area contributed by atoms with Crippen LogP contribution in [0.3, 0.4) is 0 Å². The van der Waals surface area contributed by atoms with E-state index in [2.05, 4.69) is 10.3 Å². The van der Waals surface area contributed by atoms with Crippen molar-refractivity contribution < 1.29 is 8.42 Å². The molecule has 1 unspecified atom stereocenters. The molecule has 2 rings (SSSR count). The topological polar surface area (TPSA) is 64.0 Å². The van der Waals surface area contributed by atoms with E-state index in [4.69, 9.17) is 11.6 Å². The molecule has 1 aliphatic heterocycles. The Bertz CT molecular complexity index is 526. The van der Waals surface area contributed by atoms with E-state index >= 15 is 0 Å². The fourth-order valence-electron chi connectivity index (χ4n) is 2.03. The van der Waals surface area contributed by atoms with Gasteiger partial charge in [-0.3, -0.25) is 0 Å². The first-order valence-electron chi connectivity index (χ1n) is 5.43. The molecule has 1 saturated heterocycles. The molecule has 0 saturated carbocycles. The molecule has 1 aromatic heterocycles. The lowest BCUT2D eigenvalue weighted by molar-refractivity contribution is 0.387. The normalized spacial score (nSPS) is 27.5. The molecule has 0 aromatic carbocycles. The van der Waals surface area contributed by atoms with Gasteiger partial charge in [0.25, 0.3) is 0 Å². The van der Waals surface area contributed by atoms with E-state index < -0.39 is 9.84 Å². The van der Waals surface area contributed by atoms with Crippen LogP contribution in [-0.4, -0.2) is 35.0 Å². The number of sulfone groups is 1. The molecule has 0 radical (unpaired) electrons. The molecule has 5 nitrogen and oxygen atoms in total. The summed E-state index contributed by atoms with van der Waals surface area (Å²) in [6.07, 6.45) is 2.24. The maximum Gasteiger partial charge on any atom is 0.152 e. The van der Waals surface area contributed by atoms with E-state index in [0.29, 0.717) is 18.1 Å². The van der Waals surface area contributed by atoms with Crippen LogP contribution >= 0.6 is 11.6 Å². The van der Waals surface area contributed by atoms with Crippen molar-refractivity contribution in [2.45, 2.75) is 25.4 Å². The third kappa shape index (κ3) is 2.81. The van der Waals surface area contributed by atoms with Crippen molar-refractivity contribution in [1.29, 1.82) is 0 Å². The first-order chi connectivity index (χ1) is 7.81. The van der Waals surface area contributed by atoms with Gasteiger partial charge in [-0.1, -0.05) is 11.6 Å². The molecule has 1 N–H and O–H groups in total. The summed E-state index contributed by atoms with van der Waals surface area (Å²) < 4.78 is 24.7. The Morgan fingerprint density at radius 3 is 2.82 bits per heavy atom. The average Bonchev–Trinajstić information content (AvgIpc) is 2.68. The van der Waals surface area contributed by atoms with Crippen LogP contribution in [-0.2, 0) is 23.4 Å². The summed E-state index contributed by atoms with van der Waals surface area (Å²) in [6, 6.07) is 0. The minimum Gasteiger partial charge on any atom is -0.321 e. The number of rotatable bonds is 3. The number of nitrogens with one attached hydrogen (secondary N) is 1. The fourth-order valence-corrected chi connectivity index (χ4v) is 4.30. The highest BCUT2D eigenvalue weighted by atomic mass is 35.5. The summed E-state index contributed by atoms with van der Waals surface area (Å²) in [5.74, 6) is 1.26.